The molecule has 2 aromatic rings. The Morgan fingerprint density at radius 3 is 2.33 bits per heavy atom. The first-order valence-electron chi connectivity index (χ1n) is 8.59. The first kappa shape index (κ1) is 16.7. The molecular formula is C21H25NO2. The number of rotatable bonds is 4. The van der Waals surface area contributed by atoms with E-state index in [4.69, 9.17) is 4.74 Å². The van der Waals surface area contributed by atoms with Gasteiger partial charge in [-0.2, -0.15) is 0 Å². The summed E-state index contributed by atoms with van der Waals surface area (Å²) in [6.07, 6.45) is 1.73. The minimum absolute atomic E-state index is 0.00965. The van der Waals surface area contributed by atoms with Crippen molar-refractivity contribution in [3.8, 4) is 0 Å². The summed E-state index contributed by atoms with van der Waals surface area (Å²) in [4.78, 5) is 14.7. The standard InChI is InChI=1S/C21H25NO2/c1-21(2)15-19(24-20(23)18-11-7-4-8-12-18)13-14-22(21)16-17-9-5-3-6-10-17/h3-12,19H,13-16H2,1-2H3/t19-/m0/s1. The van der Waals surface area contributed by atoms with Gasteiger partial charge in [-0.05, 0) is 38.0 Å². The lowest BCUT2D eigenvalue weighted by Crippen LogP contribution is -2.51. The average molecular weight is 323 g/mol. The van der Waals surface area contributed by atoms with Crippen LogP contribution in [-0.4, -0.2) is 29.1 Å². The summed E-state index contributed by atoms with van der Waals surface area (Å²) >= 11 is 0. The van der Waals surface area contributed by atoms with Gasteiger partial charge in [-0.3, -0.25) is 4.90 Å². The molecule has 3 heteroatoms. The van der Waals surface area contributed by atoms with Crippen LogP contribution < -0.4 is 0 Å². The van der Waals surface area contributed by atoms with Crippen molar-refractivity contribution in [2.45, 2.75) is 44.9 Å². The highest BCUT2D eigenvalue weighted by molar-refractivity contribution is 5.89. The molecule has 0 N–H and O–H groups in total. The molecule has 1 heterocycles. The van der Waals surface area contributed by atoms with E-state index in [9.17, 15) is 4.79 Å². The summed E-state index contributed by atoms with van der Waals surface area (Å²) in [5, 5.41) is 0. The molecular weight excluding hydrogens is 298 g/mol. The number of nitrogens with zero attached hydrogens (tertiary/aromatic N) is 1. The molecule has 1 aliphatic rings. The van der Waals surface area contributed by atoms with Crippen LogP contribution in [0.3, 0.4) is 0 Å². The second-order valence-electron chi connectivity index (χ2n) is 7.11. The average Bonchev–Trinajstić information content (AvgIpc) is 2.58. The largest absolute Gasteiger partial charge is 0.459 e. The number of hydrogen-bond donors (Lipinski definition) is 0. The van der Waals surface area contributed by atoms with E-state index >= 15 is 0 Å². The Balaban J connectivity index is 1.60. The van der Waals surface area contributed by atoms with Gasteiger partial charge in [0.05, 0.1) is 5.56 Å². The summed E-state index contributed by atoms with van der Waals surface area (Å²) < 4.78 is 5.75. The van der Waals surface area contributed by atoms with Crippen molar-refractivity contribution in [2.75, 3.05) is 6.54 Å². The van der Waals surface area contributed by atoms with Crippen LogP contribution in [0.2, 0.25) is 0 Å². The van der Waals surface area contributed by atoms with Gasteiger partial charge in [0.25, 0.3) is 0 Å². The van der Waals surface area contributed by atoms with Crippen molar-refractivity contribution in [3.05, 3.63) is 71.8 Å². The van der Waals surface area contributed by atoms with E-state index in [-0.39, 0.29) is 17.6 Å². The summed E-state index contributed by atoms with van der Waals surface area (Å²) in [6.45, 7) is 6.35. The first-order valence-corrected chi connectivity index (χ1v) is 8.59. The van der Waals surface area contributed by atoms with Crippen molar-refractivity contribution >= 4 is 5.97 Å². The third-order valence-electron chi connectivity index (χ3n) is 4.80. The van der Waals surface area contributed by atoms with E-state index in [0.717, 1.165) is 25.9 Å². The van der Waals surface area contributed by atoms with E-state index in [0.29, 0.717) is 5.56 Å². The molecule has 0 bridgehead atoms. The molecule has 0 amide bonds. The minimum Gasteiger partial charge on any atom is -0.459 e. The number of likely N-dealkylation sites (tertiary alicyclic amines) is 1. The van der Waals surface area contributed by atoms with Gasteiger partial charge in [0.2, 0.25) is 0 Å². The zero-order valence-electron chi connectivity index (χ0n) is 14.4. The number of benzene rings is 2. The van der Waals surface area contributed by atoms with Gasteiger partial charge in [0.15, 0.2) is 0 Å². The maximum atomic E-state index is 12.3. The molecule has 126 valence electrons. The quantitative estimate of drug-likeness (QED) is 0.786. The molecule has 1 atom stereocenters. The van der Waals surface area contributed by atoms with Crippen LogP contribution in [0.5, 0.6) is 0 Å². The second kappa shape index (κ2) is 7.18. The molecule has 0 unspecified atom stereocenters. The molecule has 1 aliphatic heterocycles. The number of esters is 1. The fraction of sp³-hybridized carbons (Fsp3) is 0.381. The lowest BCUT2D eigenvalue weighted by molar-refractivity contribution is -0.0292. The predicted octanol–water partition coefficient (Wildman–Crippen LogP) is 4.29. The van der Waals surface area contributed by atoms with Crippen molar-refractivity contribution in [1.29, 1.82) is 0 Å². The topological polar surface area (TPSA) is 29.5 Å². The Kier molecular flexibility index (Phi) is 5.00. The number of hydrogen-bond acceptors (Lipinski definition) is 3. The third kappa shape index (κ3) is 4.04. The maximum Gasteiger partial charge on any atom is 0.338 e. The van der Waals surface area contributed by atoms with Crippen LogP contribution in [0.1, 0.15) is 42.6 Å². The Morgan fingerprint density at radius 2 is 1.71 bits per heavy atom. The molecule has 0 spiro atoms. The van der Waals surface area contributed by atoms with Crippen molar-refractivity contribution in [1.82, 2.24) is 4.90 Å². The van der Waals surface area contributed by atoms with E-state index in [1.807, 2.05) is 24.3 Å². The molecule has 3 rings (SSSR count). The van der Waals surface area contributed by atoms with Crippen LogP contribution in [-0.2, 0) is 11.3 Å². The summed E-state index contributed by atoms with van der Waals surface area (Å²) in [7, 11) is 0. The highest BCUT2D eigenvalue weighted by Gasteiger charge is 2.36. The molecule has 0 aliphatic carbocycles. The maximum absolute atomic E-state index is 12.3. The van der Waals surface area contributed by atoms with Gasteiger partial charge in [0.1, 0.15) is 6.10 Å². The minimum atomic E-state index is -0.215. The molecule has 1 saturated heterocycles. The molecule has 3 nitrogen and oxygen atoms in total. The fourth-order valence-electron chi connectivity index (χ4n) is 3.38. The molecule has 0 saturated carbocycles. The Hall–Kier alpha value is -2.13. The second-order valence-corrected chi connectivity index (χ2v) is 7.11. The first-order chi connectivity index (χ1) is 11.5. The molecule has 1 fully saturated rings. The third-order valence-corrected chi connectivity index (χ3v) is 4.80. The number of carbonyl (C=O) groups is 1. The van der Waals surface area contributed by atoms with E-state index in [2.05, 4.69) is 43.0 Å². The molecule has 0 aromatic heterocycles. The van der Waals surface area contributed by atoms with Crippen LogP contribution in [0, 0.1) is 0 Å². The smallest absolute Gasteiger partial charge is 0.338 e. The van der Waals surface area contributed by atoms with Gasteiger partial charge in [0, 0.05) is 25.0 Å². The Labute approximate surface area is 144 Å². The Morgan fingerprint density at radius 1 is 1.08 bits per heavy atom. The highest BCUT2D eigenvalue weighted by atomic mass is 16.5. The summed E-state index contributed by atoms with van der Waals surface area (Å²) in [5.41, 5.74) is 1.96. The molecule has 0 radical (unpaired) electrons. The molecule has 2 aromatic carbocycles. The fourth-order valence-corrected chi connectivity index (χ4v) is 3.38. The summed E-state index contributed by atoms with van der Waals surface area (Å²) in [6, 6.07) is 19.8. The zero-order chi connectivity index (χ0) is 17.0. The predicted molar refractivity (Wildman–Crippen MR) is 95.8 cm³/mol. The van der Waals surface area contributed by atoms with Crippen molar-refractivity contribution < 1.29 is 9.53 Å². The van der Waals surface area contributed by atoms with Gasteiger partial charge >= 0.3 is 5.97 Å². The van der Waals surface area contributed by atoms with Crippen molar-refractivity contribution in [2.24, 2.45) is 0 Å². The lowest BCUT2D eigenvalue weighted by atomic mass is 9.88. The number of piperidine rings is 1. The highest BCUT2D eigenvalue weighted by Crippen LogP contribution is 2.31. The van der Waals surface area contributed by atoms with Crippen molar-refractivity contribution in [3.63, 3.8) is 0 Å². The van der Waals surface area contributed by atoms with Crippen LogP contribution >= 0.6 is 0 Å². The van der Waals surface area contributed by atoms with Gasteiger partial charge in [-0.1, -0.05) is 48.5 Å². The van der Waals surface area contributed by atoms with Gasteiger partial charge < -0.3 is 4.74 Å². The van der Waals surface area contributed by atoms with Crippen LogP contribution in [0.25, 0.3) is 0 Å². The SMILES string of the molecule is CC1(C)C[C@@H](OC(=O)c2ccccc2)CCN1Cc1ccccc1. The van der Waals surface area contributed by atoms with E-state index in [1.54, 1.807) is 12.1 Å². The van der Waals surface area contributed by atoms with Gasteiger partial charge in [-0.15, -0.1) is 0 Å². The van der Waals surface area contributed by atoms with Crippen LogP contribution in [0.15, 0.2) is 60.7 Å². The number of ether oxygens (including phenoxy) is 1. The lowest BCUT2D eigenvalue weighted by Gasteiger charge is -2.45. The van der Waals surface area contributed by atoms with Gasteiger partial charge in [-0.25, -0.2) is 4.79 Å². The van der Waals surface area contributed by atoms with Crippen LogP contribution in [0.4, 0.5) is 0 Å². The Bertz CT molecular complexity index is 667. The molecule has 24 heavy (non-hydrogen) atoms. The zero-order valence-corrected chi connectivity index (χ0v) is 14.4. The van der Waals surface area contributed by atoms with E-state index in [1.165, 1.54) is 5.56 Å². The summed E-state index contributed by atoms with van der Waals surface area (Å²) in [5.74, 6) is -0.215. The number of carbonyl (C=O) groups excluding carboxylic acids is 1. The normalized spacial score (nSPS) is 20.5. The van der Waals surface area contributed by atoms with E-state index < -0.39 is 0 Å². The monoisotopic (exact) mass is 323 g/mol.